The van der Waals surface area contributed by atoms with Gasteiger partial charge >= 0.3 is 5.97 Å². The lowest BCUT2D eigenvalue weighted by atomic mass is 9.90. The molecule has 132 valence electrons. The van der Waals surface area contributed by atoms with Crippen LogP contribution < -0.4 is 5.32 Å². The van der Waals surface area contributed by atoms with Crippen LogP contribution in [0.3, 0.4) is 0 Å². The van der Waals surface area contributed by atoms with Crippen LogP contribution in [-0.2, 0) is 9.59 Å². The number of carboxylic acids is 1. The van der Waals surface area contributed by atoms with E-state index in [2.05, 4.69) is 12.2 Å². The molecular formula is C19H28N2O3. The molecule has 0 bridgehead atoms. The molecule has 1 aliphatic rings. The van der Waals surface area contributed by atoms with E-state index in [0.29, 0.717) is 19.5 Å². The summed E-state index contributed by atoms with van der Waals surface area (Å²) in [7, 11) is 0. The number of rotatable bonds is 7. The second-order valence-electron chi connectivity index (χ2n) is 7.02. The largest absolute Gasteiger partial charge is 0.481 e. The first kappa shape index (κ1) is 18.5. The Morgan fingerprint density at radius 3 is 2.54 bits per heavy atom. The van der Waals surface area contributed by atoms with Crippen molar-refractivity contribution in [2.75, 3.05) is 13.1 Å². The predicted molar refractivity (Wildman–Crippen MR) is 93.6 cm³/mol. The van der Waals surface area contributed by atoms with Crippen molar-refractivity contribution in [2.24, 2.45) is 5.41 Å². The lowest BCUT2D eigenvalue weighted by Gasteiger charge is -2.27. The number of likely N-dealkylation sites (tertiary alicyclic amines) is 1. The van der Waals surface area contributed by atoms with Gasteiger partial charge in [0.05, 0.1) is 17.5 Å². The first-order valence-electron chi connectivity index (χ1n) is 8.70. The fraction of sp³-hybridized carbons (Fsp3) is 0.579. The monoisotopic (exact) mass is 332 g/mol. The fourth-order valence-electron chi connectivity index (χ4n) is 3.26. The molecule has 1 heterocycles. The van der Waals surface area contributed by atoms with E-state index in [9.17, 15) is 14.7 Å². The maximum Gasteiger partial charge on any atom is 0.310 e. The number of hydrogen-bond acceptors (Lipinski definition) is 3. The number of carboxylic acid groups (broad SMARTS) is 1. The van der Waals surface area contributed by atoms with Crippen molar-refractivity contribution >= 4 is 11.9 Å². The summed E-state index contributed by atoms with van der Waals surface area (Å²) in [5.74, 6) is -0.822. The third-order valence-corrected chi connectivity index (χ3v) is 5.04. The minimum Gasteiger partial charge on any atom is -0.481 e. The van der Waals surface area contributed by atoms with Crippen LogP contribution in [0.4, 0.5) is 0 Å². The number of amides is 1. The summed E-state index contributed by atoms with van der Waals surface area (Å²) in [6.45, 7) is 6.77. The minimum absolute atomic E-state index is 0.000361. The molecular weight excluding hydrogens is 304 g/mol. The minimum atomic E-state index is -0.786. The second kappa shape index (κ2) is 7.79. The zero-order valence-corrected chi connectivity index (χ0v) is 14.8. The molecule has 5 nitrogen and oxygen atoms in total. The third kappa shape index (κ3) is 4.15. The SMILES string of the molecule is CCCC(NC(=O)C(C)N1CCC(C)(C(=O)O)C1)c1ccccc1. The van der Waals surface area contributed by atoms with Gasteiger partial charge < -0.3 is 10.4 Å². The van der Waals surface area contributed by atoms with E-state index < -0.39 is 11.4 Å². The number of nitrogens with zero attached hydrogens (tertiary/aromatic N) is 1. The molecule has 2 rings (SSSR count). The van der Waals surface area contributed by atoms with Crippen LogP contribution in [0.2, 0.25) is 0 Å². The molecule has 1 aliphatic heterocycles. The highest BCUT2D eigenvalue weighted by Gasteiger charge is 2.43. The predicted octanol–water partition coefficient (Wildman–Crippen LogP) is 2.83. The highest BCUT2D eigenvalue weighted by atomic mass is 16.4. The van der Waals surface area contributed by atoms with Crippen molar-refractivity contribution in [1.29, 1.82) is 0 Å². The van der Waals surface area contributed by atoms with Crippen molar-refractivity contribution in [3.8, 4) is 0 Å². The lowest BCUT2D eigenvalue weighted by Crippen LogP contribution is -2.46. The Labute approximate surface area is 144 Å². The summed E-state index contributed by atoms with van der Waals surface area (Å²) in [5.41, 5.74) is 0.355. The molecule has 0 radical (unpaired) electrons. The zero-order chi connectivity index (χ0) is 17.7. The smallest absolute Gasteiger partial charge is 0.310 e. The van der Waals surface area contributed by atoms with Gasteiger partial charge in [-0.05, 0) is 32.3 Å². The van der Waals surface area contributed by atoms with Gasteiger partial charge in [-0.1, -0.05) is 43.7 Å². The molecule has 1 aromatic rings. The summed E-state index contributed by atoms with van der Waals surface area (Å²) in [6.07, 6.45) is 2.45. The summed E-state index contributed by atoms with van der Waals surface area (Å²) in [6, 6.07) is 9.66. The molecule has 24 heavy (non-hydrogen) atoms. The molecule has 5 heteroatoms. The van der Waals surface area contributed by atoms with Crippen LogP contribution in [0.1, 0.15) is 51.6 Å². The summed E-state index contributed by atoms with van der Waals surface area (Å²) >= 11 is 0. The topological polar surface area (TPSA) is 69.6 Å². The zero-order valence-electron chi connectivity index (χ0n) is 14.8. The molecule has 1 aromatic carbocycles. The summed E-state index contributed by atoms with van der Waals surface area (Å²) in [4.78, 5) is 26.0. The molecule has 1 fully saturated rings. The average molecular weight is 332 g/mol. The maximum absolute atomic E-state index is 12.7. The number of nitrogens with one attached hydrogen (secondary N) is 1. The van der Waals surface area contributed by atoms with Crippen molar-refractivity contribution < 1.29 is 14.7 Å². The van der Waals surface area contributed by atoms with Gasteiger partial charge in [-0.2, -0.15) is 0 Å². The van der Waals surface area contributed by atoms with E-state index in [1.807, 2.05) is 42.2 Å². The average Bonchev–Trinajstić information content (AvgIpc) is 2.98. The Bertz CT molecular complexity index is 575. The van der Waals surface area contributed by atoms with Gasteiger partial charge in [0.25, 0.3) is 0 Å². The Balaban J connectivity index is 2.01. The quantitative estimate of drug-likeness (QED) is 0.805. The van der Waals surface area contributed by atoms with Crippen LogP contribution in [0, 0.1) is 5.41 Å². The summed E-state index contributed by atoms with van der Waals surface area (Å²) < 4.78 is 0. The van der Waals surface area contributed by atoms with Crippen LogP contribution in [0.15, 0.2) is 30.3 Å². The van der Waals surface area contributed by atoms with Gasteiger partial charge in [0, 0.05) is 13.1 Å². The van der Waals surface area contributed by atoms with E-state index in [4.69, 9.17) is 0 Å². The maximum atomic E-state index is 12.7. The lowest BCUT2D eigenvalue weighted by molar-refractivity contribution is -0.147. The van der Waals surface area contributed by atoms with Gasteiger partial charge in [-0.25, -0.2) is 0 Å². The third-order valence-electron chi connectivity index (χ3n) is 5.04. The van der Waals surface area contributed by atoms with E-state index in [-0.39, 0.29) is 18.0 Å². The van der Waals surface area contributed by atoms with Crippen LogP contribution >= 0.6 is 0 Å². The first-order valence-corrected chi connectivity index (χ1v) is 8.70. The van der Waals surface area contributed by atoms with E-state index >= 15 is 0 Å². The summed E-state index contributed by atoms with van der Waals surface area (Å²) in [5, 5.41) is 12.5. The van der Waals surface area contributed by atoms with Gasteiger partial charge in [0.2, 0.25) is 5.91 Å². The van der Waals surface area contributed by atoms with Gasteiger partial charge in [-0.3, -0.25) is 14.5 Å². The Morgan fingerprint density at radius 1 is 1.33 bits per heavy atom. The fourth-order valence-corrected chi connectivity index (χ4v) is 3.26. The molecule has 0 saturated carbocycles. The standard InChI is InChI=1S/C19H28N2O3/c1-4-8-16(15-9-6-5-7-10-15)20-17(22)14(2)21-12-11-19(3,13-21)18(23)24/h5-7,9-10,14,16H,4,8,11-13H2,1-3H3,(H,20,22)(H,23,24). The number of hydrogen-bond donors (Lipinski definition) is 2. The van der Waals surface area contributed by atoms with Crippen LogP contribution in [0.25, 0.3) is 0 Å². The number of aliphatic carboxylic acids is 1. The normalized spacial score (nSPS) is 23.6. The van der Waals surface area contributed by atoms with Crippen molar-refractivity contribution in [1.82, 2.24) is 10.2 Å². The van der Waals surface area contributed by atoms with E-state index in [1.54, 1.807) is 6.92 Å². The molecule has 1 amide bonds. The highest BCUT2D eigenvalue weighted by molar-refractivity contribution is 5.82. The molecule has 2 N–H and O–H groups in total. The number of carbonyl (C=O) groups is 2. The van der Waals surface area contributed by atoms with Gasteiger partial charge in [0.15, 0.2) is 0 Å². The van der Waals surface area contributed by atoms with Crippen LogP contribution in [-0.4, -0.2) is 41.0 Å². The molecule has 3 atom stereocenters. The van der Waals surface area contributed by atoms with Crippen molar-refractivity contribution in [3.63, 3.8) is 0 Å². The Kier molecular flexibility index (Phi) is 5.99. The van der Waals surface area contributed by atoms with Crippen molar-refractivity contribution in [3.05, 3.63) is 35.9 Å². The van der Waals surface area contributed by atoms with E-state index in [1.165, 1.54) is 0 Å². The molecule has 0 spiro atoms. The van der Waals surface area contributed by atoms with Crippen LogP contribution in [0.5, 0.6) is 0 Å². The van der Waals surface area contributed by atoms with Gasteiger partial charge in [0.1, 0.15) is 0 Å². The number of benzene rings is 1. The Morgan fingerprint density at radius 2 is 2.00 bits per heavy atom. The molecule has 0 aliphatic carbocycles. The second-order valence-corrected chi connectivity index (χ2v) is 7.02. The highest BCUT2D eigenvalue weighted by Crippen LogP contribution is 2.31. The first-order chi connectivity index (χ1) is 11.4. The van der Waals surface area contributed by atoms with Gasteiger partial charge in [-0.15, -0.1) is 0 Å². The number of carbonyl (C=O) groups excluding carboxylic acids is 1. The van der Waals surface area contributed by atoms with Crippen molar-refractivity contribution in [2.45, 2.75) is 52.1 Å². The molecule has 1 saturated heterocycles. The Hall–Kier alpha value is -1.88. The van der Waals surface area contributed by atoms with E-state index in [0.717, 1.165) is 18.4 Å². The molecule has 0 aromatic heterocycles. The molecule has 3 unspecified atom stereocenters.